The SMILES string of the molecule is Cc1cc(O[C@H](C)C(=O)N2CC[C@]3(O)CCCC[C@@H]3[C@@H]2c2ccccc2)c2c3c(c(=O)oc2c1)CCC3. The Kier molecular flexibility index (Phi) is 6.10. The molecule has 37 heavy (non-hydrogen) atoms. The Morgan fingerprint density at radius 3 is 2.70 bits per heavy atom. The Bertz CT molecular complexity index is 1400. The van der Waals surface area contributed by atoms with E-state index in [1.807, 2.05) is 42.2 Å². The van der Waals surface area contributed by atoms with E-state index in [2.05, 4.69) is 12.1 Å². The van der Waals surface area contributed by atoms with Gasteiger partial charge in [-0.05, 0) is 81.2 Å². The summed E-state index contributed by atoms with van der Waals surface area (Å²) in [6, 6.07) is 13.7. The van der Waals surface area contributed by atoms with Crippen molar-refractivity contribution in [3.8, 4) is 5.75 Å². The van der Waals surface area contributed by atoms with Crippen molar-refractivity contribution in [1.82, 2.24) is 4.90 Å². The Balaban J connectivity index is 1.35. The lowest BCUT2D eigenvalue weighted by Gasteiger charge is -2.53. The van der Waals surface area contributed by atoms with Crippen molar-refractivity contribution in [1.29, 1.82) is 0 Å². The minimum absolute atomic E-state index is 0.00546. The first-order valence-corrected chi connectivity index (χ1v) is 13.7. The van der Waals surface area contributed by atoms with Crippen LogP contribution in [0, 0.1) is 12.8 Å². The maximum Gasteiger partial charge on any atom is 0.339 e. The third-order valence-electron chi connectivity index (χ3n) is 8.82. The molecule has 3 aromatic rings. The molecule has 2 aromatic carbocycles. The zero-order chi connectivity index (χ0) is 25.7. The molecule has 6 rings (SSSR count). The third kappa shape index (κ3) is 4.15. The minimum atomic E-state index is -0.732. The second-order valence-electron chi connectivity index (χ2n) is 11.2. The smallest absolute Gasteiger partial charge is 0.339 e. The lowest BCUT2D eigenvalue weighted by atomic mass is 9.66. The third-order valence-corrected chi connectivity index (χ3v) is 8.82. The van der Waals surface area contributed by atoms with E-state index in [9.17, 15) is 14.7 Å². The van der Waals surface area contributed by atoms with Gasteiger partial charge in [-0.3, -0.25) is 4.79 Å². The number of carbonyl (C=O) groups excluding carboxylic acids is 1. The number of ether oxygens (including phenoxy) is 1. The van der Waals surface area contributed by atoms with Crippen LogP contribution in [0.5, 0.6) is 5.75 Å². The Morgan fingerprint density at radius 1 is 1.11 bits per heavy atom. The van der Waals surface area contributed by atoms with E-state index in [0.29, 0.717) is 30.7 Å². The molecule has 1 saturated carbocycles. The van der Waals surface area contributed by atoms with Gasteiger partial charge in [0.2, 0.25) is 0 Å². The van der Waals surface area contributed by atoms with Crippen LogP contribution < -0.4 is 10.4 Å². The van der Waals surface area contributed by atoms with E-state index in [1.165, 1.54) is 0 Å². The highest BCUT2D eigenvalue weighted by Gasteiger charge is 2.50. The van der Waals surface area contributed by atoms with Gasteiger partial charge in [0.25, 0.3) is 5.91 Å². The van der Waals surface area contributed by atoms with Crippen LogP contribution >= 0.6 is 0 Å². The molecule has 3 aliphatic rings. The van der Waals surface area contributed by atoms with Crippen LogP contribution in [0.3, 0.4) is 0 Å². The van der Waals surface area contributed by atoms with Crippen LogP contribution in [0.4, 0.5) is 0 Å². The van der Waals surface area contributed by atoms with Gasteiger partial charge in [0.15, 0.2) is 6.10 Å². The van der Waals surface area contributed by atoms with Crippen molar-refractivity contribution in [2.24, 2.45) is 5.92 Å². The summed E-state index contributed by atoms with van der Waals surface area (Å²) in [5.74, 6) is 0.524. The molecular formula is C31H35NO5. The van der Waals surface area contributed by atoms with Crippen LogP contribution in [0.2, 0.25) is 0 Å². The van der Waals surface area contributed by atoms with E-state index in [4.69, 9.17) is 9.15 Å². The molecule has 2 aliphatic carbocycles. The first kappa shape index (κ1) is 24.2. The maximum atomic E-state index is 14.0. The monoisotopic (exact) mass is 501 g/mol. The minimum Gasteiger partial charge on any atom is -0.480 e. The molecule has 194 valence electrons. The summed E-state index contributed by atoms with van der Waals surface area (Å²) in [6.07, 6.45) is 6.09. The lowest BCUT2D eigenvalue weighted by Crippen LogP contribution is -2.58. The number of aliphatic hydroxyl groups is 1. The summed E-state index contributed by atoms with van der Waals surface area (Å²) in [4.78, 5) is 28.5. The first-order valence-electron chi connectivity index (χ1n) is 13.7. The number of benzene rings is 2. The van der Waals surface area contributed by atoms with Gasteiger partial charge in [-0.1, -0.05) is 43.2 Å². The molecule has 1 aromatic heterocycles. The number of hydrogen-bond acceptors (Lipinski definition) is 5. The quantitative estimate of drug-likeness (QED) is 0.494. The first-order chi connectivity index (χ1) is 17.9. The fraction of sp³-hybridized carbons (Fsp3) is 0.484. The standard InChI is InChI=1S/C31H35NO5/c1-19-17-25(27-22-11-8-12-23(22)30(34)37-26(27)18-19)36-20(2)29(33)32-16-15-31(35)14-7-6-13-24(31)28(32)21-9-4-3-5-10-21/h3-5,9-10,17-18,20,24,28,35H,6-8,11-16H2,1-2H3/t20-,24-,28+,31-/m1/s1. The summed E-state index contributed by atoms with van der Waals surface area (Å²) >= 11 is 0. The van der Waals surface area contributed by atoms with Crippen LogP contribution in [0.1, 0.15) is 73.7 Å². The summed E-state index contributed by atoms with van der Waals surface area (Å²) in [7, 11) is 0. The molecule has 1 amide bonds. The van der Waals surface area contributed by atoms with Crippen molar-refractivity contribution in [3.63, 3.8) is 0 Å². The van der Waals surface area contributed by atoms with E-state index >= 15 is 0 Å². The zero-order valence-corrected chi connectivity index (χ0v) is 21.7. The molecular weight excluding hydrogens is 466 g/mol. The predicted molar refractivity (Wildman–Crippen MR) is 142 cm³/mol. The number of piperidine rings is 1. The van der Waals surface area contributed by atoms with Crippen LogP contribution in [0.25, 0.3) is 11.0 Å². The van der Waals surface area contributed by atoms with Crippen molar-refractivity contribution in [2.45, 2.75) is 83.0 Å². The van der Waals surface area contributed by atoms with Crippen LogP contribution in [-0.4, -0.2) is 34.2 Å². The molecule has 1 N–H and O–H groups in total. The summed E-state index contributed by atoms with van der Waals surface area (Å²) in [5, 5.41) is 12.4. The average Bonchev–Trinajstić information content (AvgIpc) is 3.38. The van der Waals surface area contributed by atoms with Gasteiger partial charge in [0, 0.05) is 18.0 Å². The van der Waals surface area contributed by atoms with E-state index in [0.717, 1.165) is 66.2 Å². The van der Waals surface area contributed by atoms with E-state index < -0.39 is 11.7 Å². The molecule has 6 nitrogen and oxygen atoms in total. The van der Waals surface area contributed by atoms with Crippen LogP contribution in [0.15, 0.2) is 51.7 Å². The number of hydrogen-bond donors (Lipinski definition) is 1. The predicted octanol–water partition coefficient (Wildman–Crippen LogP) is 5.25. The van der Waals surface area contributed by atoms with Gasteiger partial charge in [0.05, 0.1) is 17.0 Å². The van der Waals surface area contributed by atoms with Gasteiger partial charge in [-0.2, -0.15) is 0 Å². The highest BCUT2D eigenvalue weighted by atomic mass is 16.5. The fourth-order valence-electron chi connectivity index (χ4n) is 7.06. The topological polar surface area (TPSA) is 80.0 Å². The number of amides is 1. The molecule has 6 heteroatoms. The Labute approximate surface area is 217 Å². The number of likely N-dealkylation sites (tertiary alicyclic amines) is 1. The molecule has 0 spiro atoms. The Hall–Kier alpha value is -3.12. The second-order valence-corrected chi connectivity index (χ2v) is 11.2. The number of rotatable bonds is 4. The van der Waals surface area contributed by atoms with Crippen molar-refractivity contribution in [3.05, 3.63) is 75.1 Å². The van der Waals surface area contributed by atoms with E-state index in [-0.39, 0.29) is 23.5 Å². The van der Waals surface area contributed by atoms with Gasteiger partial charge < -0.3 is 19.2 Å². The van der Waals surface area contributed by atoms with Gasteiger partial charge in [0.1, 0.15) is 11.3 Å². The number of aryl methyl sites for hydroxylation is 2. The van der Waals surface area contributed by atoms with Gasteiger partial charge >= 0.3 is 5.63 Å². The van der Waals surface area contributed by atoms with Gasteiger partial charge in [-0.15, -0.1) is 0 Å². The largest absolute Gasteiger partial charge is 0.480 e. The molecule has 1 saturated heterocycles. The lowest BCUT2D eigenvalue weighted by molar-refractivity contribution is -0.161. The fourth-order valence-corrected chi connectivity index (χ4v) is 7.06. The summed E-state index contributed by atoms with van der Waals surface area (Å²) < 4.78 is 12.1. The average molecular weight is 502 g/mol. The molecule has 0 radical (unpaired) electrons. The summed E-state index contributed by atoms with van der Waals surface area (Å²) in [5.41, 5.74) is 3.23. The molecule has 2 heterocycles. The van der Waals surface area contributed by atoms with Crippen molar-refractivity contribution < 1.29 is 19.1 Å². The number of fused-ring (bicyclic) bond motifs is 4. The Morgan fingerprint density at radius 2 is 1.89 bits per heavy atom. The highest BCUT2D eigenvalue weighted by Crippen LogP contribution is 2.49. The molecule has 0 bridgehead atoms. The molecule has 1 aliphatic heterocycles. The number of carbonyl (C=O) groups is 1. The van der Waals surface area contributed by atoms with Crippen molar-refractivity contribution >= 4 is 16.9 Å². The van der Waals surface area contributed by atoms with Gasteiger partial charge in [-0.25, -0.2) is 4.79 Å². The highest BCUT2D eigenvalue weighted by molar-refractivity contribution is 5.90. The van der Waals surface area contributed by atoms with E-state index in [1.54, 1.807) is 6.92 Å². The van der Waals surface area contributed by atoms with Crippen LogP contribution in [-0.2, 0) is 17.6 Å². The van der Waals surface area contributed by atoms with Crippen molar-refractivity contribution in [2.75, 3.05) is 6.54 Å². The molecule has 2 fully saturated rings. The summed E-state index contributed by atoms with van der Waals surface area (Å²) in [6.45, 7) is 4.24. The molecule has 0 unspecified atom stereocenters. The molecule has 4 atom stereocenters. The number of nitrogens with zero attached hydrogens (tertiary/aromatic N) is 1. The zero-order valence-electron chi connectivity index (χ0n) is 21.7. The second kappa shape index (κ2) is 9.32. The normalized spacial score (nSPS) is 26.0. The maximum absolute atomic E-state index is 14.0.